The molecule has 0 saturated carbocycles. The highest BCUT2D eigenvalue weighted by atomic mass is 79.9. The second-order valence-electron chi connectivity index (χ2n) is 4.68. The first-order valence-corrected chi connectivity index (χ1v) is 7.51. The number of benzene rings is 2. The first-order chi connectivity index (χ1) is 9.08. The predicted octanol–water partition coefficient (Wildman–Crippen LogP) is 5.51. The molecule has 0 aliphatic carbocycles. The summed E-state index contributed by atoms with van der Waals surface area (Å²) >= 11 is 9.68. The van der Waals surface area contributed by atoms with Gasteiger partial charge in [0.15, 0.2) is 0 Å². The maximum atomic E-state index is 6.22. The van der Waals surface area contributed by atoms with E-state index in [1.165, 1.54) is 5.56 Å². The van der Waals surface area contributed by atoms with Crippen LogP contribution in [-0.2, 0) is 0 Å². The summed E-state index contributed by atoms with van der Waals surface area (Å²) in [7, 11) is 0. The van der Waals surface area contributed by atoms with E-state index in [2.05, 4.69) is 65.4 Å². The molecule has 1 N–H and O–H groups in total. The Kier molecular flexibility index (Phi) is 5.03. The second-order valence-corrected chi connectivity index (χ2v) is 6.01. The maximum absolute atomic E-state index is 6.22. The SMILES string of the molecule is CC(NC(C)c1ccccc1Cl)c1ccc(Br)cc1. The fraction of sp³-hybridized carbons (Fsp3) is 0.250. The maximum Gasteiger partial charge on any atom is 0.0453 e. The highest BCUT2D eigenvalue weighted by Gasteiger charge is 2.13. The molecule has 0 aliphatic rings. The molecule has 2 unspecified atom stereocenters. The quantitative estimate of drug-likeness (QED) is 0.774. The van der Waals surface area contributed by atoms with Gasteiger partial charge in [0.1, 0.15) is 0 Å². The van der Waals surface area contributed by atoms with Crippen molar-refractivity contribution in [3.05, 3.63) is 69.2 Å². The molecule has 0 heterocycles. The smallest absolute Gasteiger partial charge is 0.0453 e. The molecule has 19 heavy (non-hydrogen) atoms. The molecule has 0 radical (unpaired) electrons. The molecule has 2 aromatic carbocycles. The van der Waals surface area contributed by atoms with Crippen LogP contribution in [0.25, 0.3) is 0 Å². The zero-order valence-corrected chi connectivity index (χ0v) is 13.4. The molecule has 0 fully saturated rings. The largest absolute Gasteiger partial charge is 0.304 e. The summed E-state index contributed by atoms with van der Waals surface area (Å²) in [6.45, 7) is 4.30. The monoisotopic (exact) mass is 337 g/mol. The number of nitrogens with one attached hydrogen (secondary N) is 1. The third-order valence-corrected chi connectivity index (χ3v) is 4.11. The lowest BCUT2D eigenvalue weighted by Gasteiger charge is -2.21. The van der Waals surface area contributed by atoms with E-state index >= 15 is 0 Å². The van der Waals surface area contributed by atoms with Crippen molar-refractivity contribution in [1.29, 1.82) is 0 Å². The van der Waals surface area contributed by atoms with E-state index in [-0.39, 0.29) is 12.1 Å². The van der Waals surface area contributed by atoms with Gasteiger partial charge in [0.05, 0.1) is 0 Å². The Labute approximate surface area is 128 Å². The zero-order valence-electron chi connectivity index (χ0n) is 11.0. The Morgan fingerprint density at radius 1 is 0.947 bits per heavy atom. The average molecular weight is 339 g/mol. The molecule has 0 bridgehead atoms. The minimum absolute atomic E-state index is 0.215. The van der Waals surface area contributed by atoms with Crippen LogP contribution in [0.4, 0.5) is 0 Å². The van der Waals surface area contributed by atoms with Gasteiger partial charge >= 0.3 is 0 Å². The van der Waals surface area contributed by atoms with Crippen LogP contribution in [0.15, 0.2) is 53.0 Å². The Hall–Kier alpha value is -0.830. The van der Waals surface area contributed by atoms with Gasteiger partial charge in [-0.2, -0.15) is 0 Å². The lowest BCUT2D eigenvalue weighted by atomic mass is 10.0. The highest BCUT2D eigenvalue weighted by molar-refractivity contribution is 9.10. The summed E-state index contributed by atoms with van der Waals surface area (Å²) in [5.41, 5.74) is 2.40. The van der Waals surface area contributed by atoms with Crippen molar-refractivity contribution in [3.63, 3.8) is 0 Å². The van der Waals surface area contributed by atoms with Gasteiger partial charge in [-0.15, -0.1) is 0 Å². The minimum Gasteiger partial charge on any atom is -0.304 e. The van der Waals surface area contributed by atoms with Crippen molar-refractivity contribution in [1.82, 2.24) is 5.32 Å². The molecule has 0 amide bonds. The van der Waals surface area contributed by atoms with Crippen LogP contribution in [0.2, 0.25) is 5.02 Å². The van der Waals surface area contributed by atoms with Crippen LogP contribution in [0, 0.1) is 0 Å². The van der Waals surface area contributed by atoms with Crippen LogP contribution in [0.3, 0.4) is 0 Å². The Morgan fingerprint density at radius 2 is 1.58 bits per heavy atom. The Bertz CT molecular complexity index is 539. The molecule has 100 valence electrons. The van der Waals surface area contributed by atoms with E-state index in [0.717, 1.165) is 15.1 Å². The fourth-order valence-corrected chi connectivity index (χ4v) is 2.70. The summed E-state index contributed by atoms with van der Waals surface area (Å²) in [5, 5.41) is 4.38. The van der Waals surface area contributed by atoms with Crippen molar-refractivity contribution in [2.24, 2.45) is 0 Å². The zero-order chi connectivity index (χ0) is 13.8. The van der Waals surface area contributed by atoms with Gasteiger partial charge in [0.25, 0.3) is 0 Å². The van der Waals surface area contributed by atoms with Gasteiger partial charge in [-0.3, -0.25) is 0 Å². The molecular weight excluding hydrogens is 322 g/mol. The molecule has 0 aromatic heterocycles. The molecule has 2 aromatic rings. The van der Waals surface area contributed by atoms with Crippen molar-refractivity contribution < 1.29 is 0 Å². The minimum atomic E-state index is 0.215. The Balaban J connectivity index is 2.08. The van der Waals surface area contributed by atoms with Gasteiger partial charge in [0.2, 0.25) is 0 Å². The number of hydrogen-bond donors (Lipinski definition) is 1. The van der Waals surface area contributed by atoms with Gasteiger partial charge in [-0.25, -0.2) is 0 Å². The van der Waals surface area contributed by atoms with E-state index in [0.29, 0.717) is 0 Å². The van der Waals surface area contributed by atoms with Crippen molar-refractivity contribution >= 4 is 27.5 Å². The average Bonchev–Trinajstić information content (AvgIpc) is 2.39. The van der Waals surface area contributed by atoms with Crippen molar-refractivity contribution in [3.8, 4) is 0 Å². The van der Waals surface area contributed by atoms with Gasteiger partial charge in [-0.05, 0) is 43.2 Å². The van der Waals surface area contributed by atoms with Gasteiger partial charge in [-0.1, -0.05) is 57.9 Å². The number of halogens is 2. The molecule has 0 aliphatic heterocycles. The van der Waals surface area contributed by atoms with Crippen LogP contribution < -0.4 is 5.32 Å². The lowest BCUT2D eigenvalue weighted by molar-refractivity contribution is 0.495. The molecule has 2 atom stereocenters. The van der Waals surface area contributed by atoms with Crippen molar-refractivity contribution in [2.45, 2.75) is 25.9 Å². The van der Waals surface area contributed by atoms with E-state index < -0.39 is 0 Å². The third kappa shape index (κ3) is 3.82. The summed E-state index contributed by atoms with van der Waals surface area (Å²) in [6, 6.07) is 16.8. The third-order valence-electron chi connectivity index (χ3n) is 3.24. The molecule has 1 nitrogen and oxygen atoms in total. The second kappa shape index (κ2) is 6.56. The summed E-state index contributed by atoms with van der Waals surface area (Å²) < 4.78 is 1.10. The number of hydrogen-bond acceptors (Lipinski definition) is 1. The fourth-order valence-electron chi connectivity index (χ4n) is 2.14. The summed E-state index contributed by atoms with van der Waals surface area (Å²) in [4.78, 5) is 0. The van der Waals surface area contributed by atoms with Gasteiger partial charge in [0, 0.05) is 21.6 Å². The molecule has 2 rings (SSSR count). The van der Waals surface area contributed by atoms with Crippen LogP contribution in [0.5, 0.6) is 0 Å². The first-order valence-electron chi connectivity index (χ1n) is 6.34. The number of rotatable bonds is 4. The van der Waals surface area contributed by atoms with Gasteiger partial charge < -0.3 is 5.32 Å². The van der Waals surface area contributed by atoms with E-state index in [1.54, 1.807) is 0 Å². The summed E-state index contributed by atoms with van der Waals surface area (Å²) in [6.07, 6.45) is 0. The predicted molar refractivity (Wildman–Crippen MR) is 85.6 cm³/mol. The first kappa shape index (κ1) is 14.6. The van der Waals surface area contributed by atoms with Crippen LogP contribution in [0.1, 0.15) is 37.1 Å². The normalized spacial score (nSPS) is 14.1. The molecule has 3 heteroatoms. The van der Waals surface area contributed by atoms with E-state index in [1.807, 2.05) is 18.2 Å². The highest BCUT2D eigenvalue weighted by Crippen LogP contribution is 2.25. The van der Waals surface area contributed by atoms with Crippen LogP contribution in [-0.4, -0.2) is 0 Å². The standard InChI is InChI=1S/C16H17BrClN/c1-11(13-7-9-14(17)10-8-13)19-12(2)15-5-3-4-6-16(15)18/h3-12,19H,1-2H3. The van der Waals surface area contributed by atoms with Crippen molar-refractivity contribution in [2.75, 3.05) is 0 Å². The molecule has 0 spiro atoms. The summed E-state index contributed by atoms with van der Waals surface area (Å²) in [5.74, 6) is 0. The Morgan fingerprint density at radius 3 is 2.21 bits per heavy atom. The molecular formula is C16H17BrClN. The van der Waals surface area contributed by atoms with E-state index in [9.17, 15) is 0 Å². The van der Waals surface area contributed by atoms with Crippen LogP contribution >= 0.6 is 27.5 Å². The topological polar surface area (TPSA) is 12.0 Å². The molecule has 0 saturated heterocycles. The van der Waals surface area contributed by atoms with E-state index in [4.69, 9.17) is 11.6 Å². The lowest BCUT2D eigenvalue weighted by Crippen LogP contribution is -2.22.